The summed E-state index contributed by atoms with van der Waals surface area (Å²) in [5.41, 5.74) is 2.94. The Kier molecular flexibility index (Phi) is 6.66. The van der Waals surface area contributed by atoms with Gasteiger partial charge >= 0.3 is 0 Å². The molecule has 2 aromatic heterocycles. The zero-order valence-electron chi connectivity index (χ0n) is 20.5. The lowest BCUT2D eigenvalue weighted by Crippen LogP contribution is -2.48. The first-order valence-electron chi connectivity index (χ1n) is 12.5. The molecule has 1 unspecified atom stereocenters. The fourth-order valence-electron chi connectivity index (χ4n) is 4.82. The van der Waals surface area contributed by atoms with Gasteiger partial charge in [-0.1, -0.05) is 0 Å². The second-order valence-corrected chi connectivity index (χ2v) is 9.85. The number of likely N-dealkylation sites (tertiary alicyclic amines) is 1. The van der Waals surface area contributed by atoms with Crippen molar-refractivity contribution >= 4 is 22.7 Å². The minimum absolute atomic E-state index is 0.0770. The summed E-state index contributed by atoms with van der Waals surface area (Å²) in [6.07, 6.45) is 4.12. The number of amides is 2. The average molecular weight is 495 g/mol. The number of fused-ring (bicyclic) bond motifs is 1. The number of pyridine rings is 1. The maximum Gasteiger partial charge on any atom is 0.253 e. The number of hydrogen-bond acceptors (Lipinski definition) is 5. The molecule has 5 rings (SSSR count). The number of H-pyrrole nitrogens is 1. The van der Waals surface area contributed by atoms with Gasteiger partial charge in [0.1, 0.15) is 17.7 Å². The highest BCUT2D eigenvalue weighted by atomic mass is 19.1. The lowest BCUT2D eigenvalue weighted by Gasteiger charge is -2.33. The van der Waals surface area contributed by atoms with E-state index in [0.29, 0.717) is 77.6 Å². The van der Waals surface area contributed by atoms with E-state index in [-0.39, 0.29) is 23.7 Å². The van der Waals surface area contributed by atoms with Crippen LogP contribution in [0.3, 0.4) is 0 Å². The minimum Gasteiger partial charge on any atom is -0.493 e. The van der Waals surface area contributed by atoms with Crippen LogP contribution in [0, 0.1) is 18.7 Å². The number of carbonyl (C=O) groups is 2. The first-order valence-corrected chi connectivity index (χ1v) is 12.5. The van der Waals surface area contributed by atoms with Crippen LogP contribution >= 0.6 is 0 Å². The molecule has 1 aliphatic heterocycles. The molecule has 190 valence electrons. The number of rotatable bonds is 7. The van der Waals surface area contributed by atoms with Crippen LogP contribution in [0.4, 0.5) is 4.39 Å². The van der Waals surface area contributed by atoms with Crippen molar-refractivity contribution in [3.63, 3.8) is 0 Å². The van der Waals surface area contributed by atoms with Gasteiger partial charge in [-0.3, -0.25) is 14.6 Å². The number of hydrogen-bond donors (Lipinski definition) is 3. The molecule has 3 heterocycles. The molecule has 1 aliphatic carbocycles. The highest BCUT2D eigenvalue weighted by Gasteiger charge is 2.28. The van der Waals surface area contributed by atoms with Gasteiger partial charge in [0.2, 0.25) is 0 Å². The van der Waals surface area contributed by atoms with Crippen molar-refractivity contribution in [2.24, 2.45) is 5.92 Å². The van der Waals surface area contributed by atoms with Gasteiger partial charge in [0.15, 0.2) is 0 Å². The van der Waals surface area contributed by atoms with Crippen molar-refractivity contribution in [3.8, 4) is 17.0 Å². The molecule has 1 saturated heterocycles. The number of aliphatic hydroxyl groups is 1. The second kappa shape index (κ2) is 9.89. The molecular formula is C27H31FN4O4. The van der Waals surface area contributed by atoms with Crippen molar-refractivity contribution in [2.45, 2.75) is 51.7 Å². The van der Waals surface area contributed by atoms with Gasteiger partial charge in [0.05, 0.1) is 23.4 Å². The third-order valence-electron chi connectivity index (χ3n) is 7.00. The highest BCUT2D eigenvalue weighted by molar-refractivity contribution is 6.10. The Balaban J connectivity index is 1.39. The largest absolute Gasteiger partial charge is 0.493 e. The number of nitrogens with one attached hydrogen (secondary N) is 2. The van der Waals surface area contributed by atoms with Crippen LogP contribution in [0.25, 0.3) is 22.2 Å². The van der Waals surface area contributed by atoms with Crippen LogP contribution < -0.4 is 10.1 Å². The molecule has 3 aromatic rings. The number of aromatic nitrogens is 2. The van der Waals surface area contributed by atoms with E-state index in [9.17, 15) is 19.1 Å². The van der Waals surface area contributed by atoms with Crippen molar-refractivity contribution in [2.75, 3.05) is 19.7 Å². The molecule has 2 fully saturated rings. The Hall–Kier alpha value is -3.46. The zero-order valence-corrected chi connectivity index (χ0v) is 20.5. The van der Waals surface area contributed by atoms with E-state index in [1.54, 1.807) is 23.2 Å². The van der Waals surface area contributed by atoms with Gasteiger partial charge in [-0.05, 0) is 69.7 Å². The predicted octanol–water partition coefficient (Wildman–Crippen LogP) is 3.57. The van der Waals surface area contributed by atoms with Gasteiger partial charge in [-0.2, -0.15) is 0 Å². The molecule has 0 radical (unpaired) electrons. The molecule has 2 amide bonds. The molecule has 9 heteroatoms. The van der Waals surface area contributed by atoms with Gasteiger partial charge in [-0.15, -0.1) is 0 Å². The Morgan fingerprint density at radius 2 is 2.00 bits per heavy atom. The summed E-state index contributed by atoms with van der Waals surface area (Å²) in [6, 6.07) is 6.14. The van der Waals surface area contributed by atoms with E-state index >= 15 is 0 Å². The highest BCUT2D eigenvalue weighted by Crippen LogP contribution is 2.37. The first kappa shape index (κ1) is 24.2. The Bertz CT molecular complexity index is 1290. The number of aryl methyl sites for hydroxylation is 1. The van der Waals surface area contributed by atoms with Gasteiger partial charge < -0.3 is 25.0 Å². The van der Waals surface area contributed by atoms with Gasteiger partial charge in [0, 0.05) is 42.0 Å². The molecule has 0 bridgehead atoms. The summed E-state index contributed by atoms with van der Waals surface area (Å²) >= 11 is 0. The second-order valence-electron chi connectivity index (χ2n) is 9.85. The van der Waals surface area contributed by atoms with Gasteiger partial charge in [-0.25, -0.2) is 4.39 Å². The number of benzene rings is 1. The van der Waals surface area contributed by atoms with Crippen LogP contribution in [0.15, 0.2) is 30.5 Å². The summed E-state index contributed by atoms with van der Waals surface area (Å²) in [7, 11) is 0. The molecule has 0 spiro atoms. The number of aromatic amines is 1. The van der Waals surface area contributed by atoms with Crippen LogP contribution in [-0.2, 0) is 4.79 Å². The number of aliphatic hydroxyl groups excluding tert-OH is 1. The Morgan fingerprint density at radius 3 is 2.69 bits per heavy atom. The predicted molar refractivity (Wildman–Crippen MR) is 133 cm³/mol. The van der Waals surface area contributed by atoms with E-state index in [0.717, 1.165) is 12.8 Å². The summed E-state index contributed by atoms with van der Waals surface area (Å²) < 4.78 is 20.2. The number of halogens is 1. The molecule has 36 heavy (non-hydrogen) atoms. The van der Waals surface area contributed by atoms with Crippen molar-refractivity contribution in [3.05, 3.63) is 47.5 Å². The maximum atomic E-state index is 14.2. The van der Waals surface area contributed by atoms with Gasteiger partial charge in [0.25, 0.3) is 11.8 Å². The fraction of sp³-hybridized carbons (Fsp3) is 0.444. The number of carbonyl (C=O) groups excluding carboxylic acids is 2. The molecule has 1 atom stereocenters. The molecular weight excluding hydrogens is 463 g/mol. The molecule has 1 saturated carbocycles. The standard InChI is InChI=1S/C27H31FN4O4/c1-15-23(26(34)31-19-8-11-32(12-9-19)27(35)16(2)33)20-7-10-29-24(25(20)30-15)21-13-18(28)5-6-22(21)36-14-17-3-4-17/h5-7,10,13,16-17,19,30,33H,3-4,8-9,11-12,14H2,1-2H3,(H,31,34). The van der Waals surface area contributed by atoms with E-state index < -0.39 is 6.10 Å². The van der Waals surface area contributed by atoms with Crippen LogP contribution in [0.1, 0.15) is 48.7 Å². The van der Waals surface area contributed by atoms with Crippen molar-refractivity contribution in [1.29, 1.82) is 0 Å². The zero-order chi connectivity index (χ0) is 25.4. The lowest BCUT2D eigenvalue weighted by atomic mass is 10.0. The van der Waals surface area contributed by atoms with E-state index in [1.807, 2.05) is 6.92 Å². The first-order chi connectivity index (χ1) is 17.3. The summed E-state index contributed by atoms with van der Waals surface area (Å²) in [5, 5.41) is 13.3. The van der Waals surface area contributed by atoms with Crippen molar-refractivity contribution in [1.82, 2.24) is 20.2 Å². The fourth-order valence-corrected chi connectivity index (χ4v) is 4.82. The van der Waals surface area contributed by atoms with Crippen LogP contribution in [0.5, 0.6) is 5.75 Å². The summed E-state index contributed by atoms with van der Waals surface area (Å²) in [5.74, 6) is 0.238. The van der Waals surface area contributed by atoms with E-state index in [4.69, 9.17) is 4.74 Å². The molecule has 1 aromatic carbocycles. The monoisotopic (exact) mass is 494 g/mol. The maximum absolute atomic E-state index is 14.2. The van der Waals surface area contributed by atoms with Crippen LogP contribution in [-0.4, -0.2) is 63.6 Å². The van der Waals surface area contributed by atoms with E-state index in [1.165, 1.54) is 19.1 Å². The smallest absolute Gasteiger partial charge is 0.253 e. The SMILES string of the molecule is Cc1[nH]c2c(-c3cc(F)ccc3OCC3CC3)nccc2c1C(=O)NC1CCN(C(=O)C(C)O)CC1. The molecule has 8 nitrogen and oxygen atoms in total. The topological polar surface area (TPSA) is 108 Å². The van der Waals surface area contributed by atoms with E-state index in [2.05, 4.69) is 15.3 Å². The molecule has 2 aliphatic rings. The number of piperidine rings is 1. The quantitative estimate of drug-likeness (QED) is 0.466. The third-order valence-corrected chi connectivity index (χ3v) is 7.00. The van der Waals surface area contributed by atoms with Crippen LogP contribution in [0.2, 0.25) is 0 Å². The Labute approximate surface area is 208 Å². The van der Waals surface area contributed by atoms with Crippen molar-refractivity contribution < 1.29 is 23.8 Å². The number of nitrogens with zero attached hydrogens (tertiary/aromatic N) is 2. The lowest BCUT2D eigenvalue weighted by molar-refractivity contribution is -0.140. The molecule has 3 N–H and O–H groups in total. The average Bonchev–Trinajstić information content (AvgIpc) is 3.62. The normalized spacial score (nSPS) is 17.3. The number of ether oxygens (including phenoxy) is 1. The summed E-state index contributed by atoms with van der Waals surface area (Å²) in [6.45, 7) is 4.86. The Morgan fingerprint density at radius 1 is 1.25 bits per heavy atom. The minimum atomic E-state index is -1.02. The summed E-state index contributed by atoms with van der Waals surface area (Å²) in [4.78, 5) is 34.8. The third kappa shape index (κ3) is 4.93.